The highest BCUT2D eigenvalue weighted by atomic mass is 16.5. The van der Waals surface area contributed by atoms with Crippen molar-refractivity contribution in [3.63, 3.8) is 0 Å². The fourth-order valence-corrected chi connectivity index (χ4v) is 4.39. The Morgan fingerprint density at radius 2 is 1.62 bits per heavy atom. The summed E-state index contributed by atoms with van der Waals surface area (Å²) < 4.78 is 11.1. The SMILES string of the molecule is COc1cccc(N2N=C(c3ccccc3O)CC2c2ccc(OC)c3ccccc23)c1. The van der Waals surface area contributed by atoms with Gasteiger partial charge in [0.15, 0.2) is 0 Å². The van der Waals surface area contributed by atoms with E-state index in [1.807, 2.05) is 65.7 Å². The number of nitrogens with zero attached hydrogens (tertiary/aromatic N) is 2. The third kappa shape index (κ3) is 3.42. The molecule has 0 bridgehead atoms. The van der Waals surface area contributed by atoms with E-state index in [2.05, 4.69) is 18.2 Å². The van der Waals surface area contributed by atoms with Gasteiger partial charge in [0, 0.05) is 23.4 Å². The molecule has 5 heteroatoms. The van der Waals surface area contributed by atoms with Gasteiger partial charge < -0.3 is 14.6 Å². The smallest absolute Gasteiger partial charge is 0.126 e. The summed E-state index contributed by atoms with van der Waals surface area (Å²) in [6.45, 7) is 0. The standard InChI is InChI=1S/C27H24N2O3/c1-31-19-9-7-8-18(16-19)29-25(17-24(28-29)23-12-5-6-13-26(23)30)21-14-15-27(32-2)22-11-4-3-10-20(21)22/h3-16,25,30H,17H2,1-2H3. The van der Waals surface area contributed by atoms with Gasteiger partial charge in [-0.2, -0.15) is 5.10 Å². The Balaban J connectivity index is 1.67. The van der Waals surface area contributed by atoms with Crippen LogP contribution in [-0.2, 0) is 0 Å². The molecule has 1 unspecified atom stereocenters. The van der Waals surface area contributed by atoms with Gasteiger partial charge in [-0.05, 0) is 41.3 Å². The summed E-state index contributed by atoms with van der Waals surface area (Å²) in [5, 5.41) is 19.7. The Morgan fingerprint density at radius 1 is 0.844 bits per heavy atom. The molecule has 0 saturated heterocycles. The molecule has 1 aliphatic heterocycles. The molecule has 4 aromatic carbocycles. The molecular weight excluding hydrogens is 400 g/mol. The Labute approximate surface area is 187 Å². The lowest BCUT2D eigenvalue weighted by Gasteiger charge is -2.26. The molecule has 1 aliphatic rings. The average molecular weight is 425 g/mol. The van der Waals surface area contributed by atoms with Crippen LogP contribution < -0.4 is 14.5 Å². The van der Waals surface area contributed by atoms with E-state index in [9.17, 15) is 5.11 Å². The summed E-state index contributed by atoms with van der Waals surface area (Å²) in [5.74, 6) is 1.85. The van der Waals surface area contributed by atoms with Crippen LogP contribution in [0.5, 0.6) is 17.2 Å². The van der Waals surface area contributed by atoms with Crippen LogP contribution in [-0.4, -0.2) is 25.0 Å². The van der Waals surface area contributed by atoms with E-state index in [4.69, 9.17) is 14.6 Å². The zero-order chi connectivity index (χ0) is 22.1. The van der Waals surface area contributed by atoms with Crippen molar-refractivity contribution in [1.82, 2.24) is 0 Å². The van der Waals surface area contributed by atoms with Gasteiger partial charge >= 0.3 is 0 Å². The Bertz CT molecular complexity index is 1320. The van der Waals surface area contributed by atoms with Crippen molar-refractivity contribution >= 4 is 22.2 Å². The topological polar surface area (TPSA) is 54.3 Å². The predicted octanol–water partition coefficient (Wildman–Crippen LogP) is 5.92. The highest BCUT2D eigenvalue weighted by Crippen LogP contribution is 2.42. The first-order chi connectivity index (χ1) is 15.7. The minimum Gasteiger partial charge on any atom is -0.507 e. The van der Waals surface area contributed by atoms with Crippen LogP contribution in [0.4, 0.5) is 5.69 Å². The minimum atomic E-state index is -0.0486. The molecule has 0 spiro atoms. The van der Waals surface area contributed by atoms with Crippen LogP contribution in [0.25, 0.3) is 10.8 Å². The van der Waals surface area contributed by atoms with Gasteiger partial charge in [0.1, 0.15) is 17.2 Å². The number of aromatic hydroxyl groups is 1. The molecule has 1 N–H and O–H groups in total. The van der Waals surface area contributed by atoms with Gasteiger partial charge in [-0.1, -0.05) is 48.5 Å². The quantitative estimate of drug-likeness (QED) is 0.432. The lowest BCUT2D eigenvalue weighted by Crippen LogP contribution is -2.19. The van der Waals surface area contributed by atoms with Crippen LogP contribution in [0.15, 0.2) is 90.0 Å². The molecule has 0 aliphatic carbocycles. The molecule has 5 nitrogen and oxygen atoms in total. The van der Waals surface area contributed by atoms with E-state index in [1.165, 1.54) is 0 Å². The number of ether oxygens (including phenoxy) is 2. The first kappa shape index (κ1) is 19.9. The molecule has 32 heavy (non-hydrogen) atoms. The Kier molecular flexibility index (Phi) is 5.15. The van der Waals surface area contributed by atoms with E-state index in [1.54, 1.807) is 20.3 Å². The van der Waals surface area contributed by atoms with Crippen molar-refractivity contribution in [3.8, 4) is 17.2 Å². The summed E-state index contributed by atoms with van der Waals surface area (Å²) >= 11 is 0. The van der Waals surface area contributed by atoms with Crippen molar-refractivity contribution in [2.45, 2.75) is 12.5 Å². The third-order valence-electron chi connectivity index (χ3n) is 5.94. The van der Waals surface area contributed by atoms with Crippen molar-refractivity contribution in [3.05, 3.63) is 96.1 Å². The van der Waals surface area contributed by atoms with Crippen LogP contribution in [0.2, 0.25) is 0 Å². The number of phenolic OH excluding ortho intramolecular Hbond substituents is 1. The first-order valence-electron chi connectivity index (χ1n) is 10.5. The number of benzene rings is 4. The summed E-state index contributed by atoms with van der Waals surface area (Å²) in [5.41, 5.74) is 3.68. The van der Waals surface area contributed by atoms with Crippen molar-refractivity contribution in [1.29, 1.82) is 0 Å². The molecular formula is C27H24N2O3. The number of phenols is 1. The number of rotatable bonds is 5. The van der Waals surface area contributed by atoms with Gasteiger partial charge in [0.25, 0.3) is 0 Å². The zero-order valence-corrected chi connectivity index (χ0v) is 18.0. The largest absolute Gasteiger partial charge is 0.507 e. The second kappa shape index (κ2) is 8.27. The molecule has 0 radical (unpaired) electrons. The van der Waals surface area contributed by atoms with E-state index in [0.717, 1.165) is 44.8 Å². The molecule has 160 valence electrons. The van der Waals surface area contributed by atoms with Crippen molar-refractivity contribution in [2.24, 2.45) is 5.10 Å². The lowest BCUT2D eigenvalue weighted by atomic mass is 9.93. The Hall–Kier alpha value is -3.99. The maximum Gasteiger partial charge on any atom is 0.126 e. The Morgan fingerprint density at radius 3 is 2.41 bits per heavy atom. The molecule has 1 heterocycles. The number of hydrazone groups is 1. The van der Waals surface area contributed by atoms with E-state index in [-0.39, 0.29) is 11.8 Å². The molecule has 0 fully saturated rings. The summed E-state index contributed by atoms with van der Waals surface area (Å²) in [7, 11) is 3.35. The molecule has 4 aromatic rings. The van der Waals surface area contributed by atoms with E-state index < -0.39 is 0 Å². The normalized spacial score (nSPS) is 15.6. The van der Waals surface area contributed by atoms with Gasteiger partial charge in [-0.25, -0.2) is 0 Å². The average Bonchev–Trinajstić information content (AvgIpc) is 3.28. The van der Waals surface area contributed by atoms with Crippen molar-refractivity contribution < 1.29 is 14.6 Å². The number of hydrogen-bond acceptors (Lipinski definition) is 5. The maximum absolute atomic E-state index is 10.5. The number of fused-ring (bicyclic) bond motifs is 1. The number of anilines is 1. The molecule has 0 saturated carbocycles. The third-order valence-corrected chi connectivity index (χ3v) is 5.94. The second-order valence-electron chi connectivity index (χ2n) is 7.73. The van der Waals surface area contributed by atoms with Crippen molar-refractivity contribution in [2.75, 3.05) is 19.2 Å². The number of hydrogen-bond donors (Lipinski definition) is 1. The van der Waals surface area contributed by atoms with Gasteiger partial charge in [-0.15, -0.1) is 0 Å². The van der Waals surface area contributed by atoms with Crippen LogP contribution in [0.3, 0.4) is 0 Å². The zero-order valence-electron chi connectivity index (χ0n) is 18.0. The summed E-state index contributed by atoms with van der Waals surface area (Å²) in [6.07, 6.45) is 0.658. The number of methoxy groups -OCH3 is 2. The van der Waals surface area contributed by atoms with E-state index >= 15 is 0 Å². The summed E-state index contributed by atoms with van der Waals surface area (Å²) in [6, 6.07) is 27.6. The van der Waals surface area contributed by atoms with E-state index in [0.29, 0.717) is 6.42 Å². The van der Waals surface area contributed by atoms with Gasteiger partial charge in [0.2, 0.25) is 0 Å². The predicted molar refractivity (Wildman–Crippen MR) is 128 cm³/mol. The highest BCUT2D eigenvalue weighted by Gasteiger charge is 2.32. The minimum absolute atomic E-state index is 0.0486. The van der Waals surface area contributed by atoms with Crippen LogP contribution >= 0.6 is 0 Å². The highest BCUT2D eigenvalue weighted by molar-refractivity contribution is 6.06. The molecule has 1 atom stereocenters. The molecule has 5 rings (SSSR count). The lowest BCUT2D eigenvalue weighted by molar-refractivity contribution is 0.414. The number of para-hydroxylation sites is 1. The monoisotopic (exact) mass is 424 g/mol. The van der Waals surface area contributed by atoms with Crippen LogP contribution in [0, 0.1) is 0 Å². The fourth-order valence-electron chi connectivity index (χ4n) is 4.39. The fraction of sp³-hybridized carbons (Fsp3) is 0.148. The first-order valence-corrected chi connectivity index (χ1v) is 10.5. The summed E-state index contributed by atoms with van der Waals surface area (Å²) in [4.78, 5) is 0. The maximum atomic E-state index is 10.5. The second-order valence-corrected chi connectivity index (χ2v) is 7.73. The molecule has 0 amide bonds. The molecule has 0 aromatic heterocycles. The van der Waals surface area contributed by atoms with Gasteiger partial charge in [0.05, 0.1) is 31.7 Å². The van der Waals surface area contributed by atoms with Crippen LogP contribution in [0.1, 0.15) is 23.6 Å². The van der Waals surface area contributed by atoms with Gasteiger partial charge in [-0.3, -0.25) is 5.01 Å².